The smallest absolute Gasteiger partial charge is 0.408 e. The topological polar surface area (TPSA) is 86.6 Å². The molecule has 0 atom stereocenters. The molecule has 27 heavy (non-hydrogen) atoms. The number of aromatic nitrogens is 1. The van der Waals surface area contributed by atoms with Crippen LogP contribution in [0.4, 0.5) is 0 Å². The molecule has 1 saturated heterocycles. The molecule has 1 fully saturated rings. The molecular formula is C20H19N3O4. The van der Waals surface area contributed by atoms with Gasteiger partial charge >= 0.3 is 5.76 Å². The summed E-state index contributed by atoms with van der Waals surface area (Å²) in [6.07, 6.45) is 0. The highest BCUT2D eigenvalue weighted by atomic mass is 16.4. The molecule has 0 radical (unpaired) electrons. The molecule has 138 valence electrons. The zero-order valence-corrected chi connectivity index (χ0v) is 14.9. The van der Waals surface area contributed by atoms with Gasteiger partial charge in [-0.05, 0) is 37.3 Å². The first-order valence-corrected chi connectivity index (χ1v) is 8.79. The lowest BCUT2D eigenvalue weighted by Crippen LogP contribution is -2.50. The van der Waals surface area contributed by atoms with Crippen LogP contribution < -0.4 is 5.76 Å². The van der Waals surface area contributed by atoms with E-state index in [0.29, 0.717) is 48.4 Å². The Bertz CT molecular complexity index is 1060. The number of nitrogens with one attached hydrogen (secondary N) is 1. The zero-order chi connectivity index (χ0) is 19.0. The van der Waals surface area contributed by atoms with E-state index in [-0.39, 0.29) is 11.8 Å². The number of rotatable bonds is 2. The first-order valence-electron chi connectivity index (χ1n) is 8.79. The Kier molecular flexibility index (Phi) is 4.27. The summed E-state index contributed by atoms with van der Waals surface area (Å²) in [5.41, 5.74) is 3.18. The van der Waals surface area contributed by atoms with E-state index in [4.69, 9.17) is 4.42 Å². The van der Waals surface area contributed by atoms with Gasteiger partial charge in [-0.1, -0.05) is 17.7 Å². The van der Waals surface area contributed by atoms with Gasteiger partial charge in [0.1, 0.15) is 0 Å². The molecule has 0 unspecified atom stereocenters. The lowest BCUT2D eigenvalue weighted by Gasteiger charge is -2.34. The van der Waals surface area contributed by atoms with Crippen LogP contribution in [0.3, 0.4) is 0 Å². The van der Waals surface area contributed by atoms with Crippen molar-refractivity contribution in [3.05, 3.63) is 69.7 Å². The summed E-state index contributed by atoms with van der Waals surface area (Å²) in [6.45, 7) is 3.90. The number of hydrogen-bond acceptors (Lipinski definition) is 4. The first-order chi connectivity index (χ1) is 13.0. The molecule has 0 saturated carbocycles. The van der Waals surface area contributed by atoms with Crippen LogP contribution in [0.5, 0.6) is 0 Å². The Balaban J connectivity index is 1.43. The average Bonchev–Trinajstić information content (AvgIpc) is 3.07. The number of oxazole rings is 1. The molecule has 1 aromatic heterocycles. The maximum atomic E-state index is 12.7. The van der Waals surface area contributed by atoms with E-state index in [2.05, 4.69) is 4.98 Å². The molecule has 2 amide bonds. The van der Waals surface area contributed by atoms with E-state index < -0.39 is 5.76 Å². The van der Waals surface area contributed by atoms with E-state index in [1.165, 1.54) is 0 Å². The summed E-state index contributed by atoms with van der Waals surface area (Å²) >= 11 is 0. The summed E-state index contributed by atoms with van der Waals surface area (Å²) in [5.74, 6) is -0.682. The van der Waals surface area contributed by atoms with Gasteiger partial charge in [-0.2, -0.15) is 0 Å². The average molecular weight is 365 g/mol. The van der Waals surface area contributed by atoms with Crippen LogP contribution >= 0.6 is 0 Å². The van der Waals surface area contributed by atoms with Gasteiger partial charge in [0.05, 0.1) is 5.52 Å². The van der Waals surface area contributed by atoms with Crippen molar-refractivity contribution in [2.45, 2.75) is 6.92 Å². The SMILES string of the molecule is Cc1ccc(C(=O)N2CCN(C(=O)c3ccc4oc(=O)[nH]c4c3)CC2)cc1. The molecule has 1 aliphatic rings. The number of carbonyl (C=O) groups excluding carboxylic acids is 2. The van der Waals surface area contributed by atoms with Crippen molar-refractivity contribution in [3.63, 3.8) is 0 Å². The Morgan fingerprint density at radius 3 is 2.07 bits per heavy atom. The molecule has 0 aliphatic carbocycles. The molecule has 4 rings (SSSR count). The van der Waals surface area contributed by atoms with Crippen molar-refractivity contribution in [2.75, 3.05) is 26.2 Å². The Morgan fingerprint density at radius 2 is 1.44 bits per heavy atom. The van der Waals surface area contributed by atoms with Gasteiger partial charge in [-0.3, -0.25) is 14.6 Å². The van der Waals surface area contributed by atoms with Gasteiger partial charge in [-0.25, -0.2) is 4.79 Å². The van der Waals surface area contributed by atoms with Crippen molar-refractivity contribution in [3.8, 4) is 0 Å². The minimum atomic E-state index is -0.544. The maximum Gasteiger partial charge on any atom is 0.417 e. The highest BCUT2D eigenvalue weighted by Crippen LogP contribution is 2.16. The highest BCUT2D eigenvalue weighted by Gasteiger charge is 2.25. The number of aromatic amines is 1. The lowest BCUT2D eigenvalue weighted by molar-refractivity contribution is 0.0535. The molecule has 7 heteroatoms. The number of fused-ring (bicyclic) bond motifs is 1. The molecule has 0 spiro atoms. The first kappa shape index (κ1) is 17.1. The molecule has 2 heterocycles. The fourth-order valence-corrected chi connectivity index (χ4v) is 3.26. The van der Waals surface area contributed by atoms with Crippen molar-refractivity contribution in [1.29, 1.82) is 0 Å². The van der Waals surface area contributed by atoms with Crippen molar-refractivity contribution in [1.82, 2.24) is 14.8 Å². The summed E-state index contributed by atoms with van der Waals surface area (Å²) in [4.78, 5) is 42.6. The molecule has 2 aromatic carbocycles. The van der Waals surface area contributed by atoms with Crippen LogP contribution in [0, 0.1) is 6.92 Å². The zero-order valence-electron chi connectivity index (χ0n) is 14.9. The maximum absolute atomic E-state index is 12.7. The fourth-order valence-electron chi connectivity index (χ4n) is 3.26. The number of piperazine rings is 1. The number of aryl methyl sites for hydroxylation is 1. The molecule has 7 nitrogen and oxygen atoms in total. The van der Waals surface area contributed by atoms with Gasteiger partial charge < -0.3 is 14.2 Å². The molecule has 3 aromatic rings. The second kappa shape index (κ2) is 6.75. The lowest BCUT2D eigenvalue weighted by atomic mass is 10.1. The third-order valence-electron chi connectivity index (χ3n) is 4.82. The van der Waals surface area contributed by atoms with Crippen molar-refractivity contribution < 1.29 is 14.0 Å². The minimum Gasteiger partial charge on any atom is -0.408 e. The van der Waals surface area contributed by atoms with E-state index >= 15 is 0 Å². The summed E-state index contributed by atoms with van der Waals surface area (Å²) in [5, 5.41) is 0. The number of nitrogens with zero attached hydrogens (tertiary/aromatic N) is 2. The van der Waals surface area contributed by atoms with Crippen LogP contribution in [0.15, 0.2) is 51.7 Å². The van der Waals surface area contributed by atoms with E-state index in [9.17, 15) is 14.4 Å². The summed E-state index contributed by atoms with van der Waals surface area (Å²) < 4.78 is 4.96. The van der Waals surface area contributed by atoms with Crippen molar-refractivity contribution in [2.24, 2.45) is 0 Å². The van der Waals surface area contributed by atoms with E-state index in [1.54, 1.807) is 28.0 Å². The van der Waals surface area contributed by atoms with Crippen LogP contribution in [0.25, 0.3) is 11.1 Å². The van der Waals surface area contributed by atoms with Gasteiger partial charge in [0.25, 0.3) is 11.8 Å². The normalized spacial score (nSPS) is 14.6. The van der Waals surface area contributed by atoms with Crippen molar-refractivity contribution >= 4 is 22.9 Å². The molecule has 0 bridgehead atoms. The van der Waals surface area contributed by atoms with Gasteiger partial charge in [-0.15, -0.1) is 0 Å². The highest BCUT2D eigenvalue weighted by molar-refractivity contribution is 5.97. The van der Waals surface area contributed by atoms with Gasteiger partial charge in [0.15, 0.2) is 5.58 Å². The Hall–Kier alpha value is -3.35. The van der Waals surface area contributed by atoms with Gasteiger partial charge in [0, 0.05) is 37.3 Å². The van der Waals surface area contributed by atoms with Gasteiger partial charge in [0.2, 0.25) is 0 Å². The minimum absolute atomic E-state index is 0.0144. The molecule has 1 aliphatic heterocycles. The fraction of sp³-hybridized carbons (Fsp3) is 0.250. The number of H-pyrrole nitrogens is 1. The third kappa shape index (κ3) is 3.36. The van der Waals surface area contributed by atoms with E-state index in [0.717, 1.165) is 5.56 Å². The van der Waals surface area contributed by atoms with Crippen LogP contribution in [0.2, 0.25) is 0 Å². The molecular weight excluding hydrogens is 346 g/mol. The number of amides is 2. The van der Waals surface area contributed by atoms with Crippen LogP contribution in [0.1, 0.15) is 26.3 Å². The second-order valence-electron chi connectivity index (χ2n) is 6.68. The van der Waals surface area contributed by atoms with Crippen LogP contribution in [-0.4, -0.2) is 52.8 Å². The Labute approximate surface area is 155 Å². The number of hydrogen-bond donors (Lipinski definition) is 1. The largest absolute Gasteiger partial charge is 0.417 e. The predicted molar refractivity (Wildman–Crippen MR) is 99.8 cm³/mol. The second-order valence-corrected chi connectivity index (χ2v) is 6.68. The monoisotopic (exact) mass is 365 g/mol. The standard InChI is InChI=1S/C20H19N3O4/c1-13-2-4-14(5-3-13)18(24)22-8-10-23(11-9-22)19(25)15-6-7-17-16(12-15)21-20(26)27-17/h2-7,12H,8-11H2,1H3,(H,21,26). The Morgan fingerprint density at radius 1 is 0.889 bits per heavy atom. The third-order valence-corrected chi connectivity index (χ3v) is 4.82. The number of benzene rings is 2. The predicted octanol–water partition coefficient (Wildman–Crippen LogP) is 2.03. The quantitative estimate of drug-likeness (QED) is 0.753. The summed E-state index contributed by atoms with van der Waals surface area (Å²) in [7, 11) is 0. The van der Waals surface area contributed by atoms with E-state index in [1.807, 2.05) is 31.2 Å². The summed E-state index contributed by atoms with van der Waals surface area (Å²) in [6, 6.07) is 12.4. The number of carbonyl (C=O) groups is 2. The molecule has 1 N–H and O–H groups in total. The van der Waals surface area contributed by atoms with Crippen LogP contribution in [-0.2, 0) is 0 Å².